The highest BCUT2D eigenvalue weighted by Crippen LogP contribution is 2.39. The van der Waals surface area contributed by atoms with Gasteiger partial charge in [0.1, 0.15) is 12.1 Å². The van der Waals surface area contributed by atoms with Gasteiger partial charge in [0, 0.05) is 32.0 Å². The van der Waals surface area contributed by atoms with Crippen molar-refractivity contribution in [2.75, 3.05) is 13.1 Å². The third-order valence-electron chi connectivity index (χ3n) is 4.77. The van der Waals surface area contributed by atoms with Gasteiger partial charge in [0.25, 0.3) is 0 Å². The molecule has 21 heavy (non-hydrogen) atoms. The molecule has 0 N–H and O–H groups in total. The van der Waals surface area contributed by atoms with Gasteiger partial charge in [-0.25, -0.2) is 0 Å². The average Bonchev–Trinajstić information content (AvgIpc) is 3.04. The smallest absolute Gasteiger partial charge is 0.243 e. The lowest BCUT2D eigenvalue weighted by molar-refractivity contribution is -0.191. The van der Waals surface area contributed by atoms with Gasteiger partial charge in [0.15, 0.2) is 5.78 Å². The van der Waals surface area contributed by atoms with E-state index in [1.807, 2.05) is 35.2 Å². The topological polar surface area (TPSA) is 49.9 Å². The van der Waals surface area contributed by atoms with Crippen LogP contribution in [0.2, 0.25) is 0 Å². The number of Topliss-reactive ketones (excluding diaryl/α,β-unsaturated/α-hetero) is 1. The lowest BCUT2D eigenvalue weighted by atomic mass is 9.94. The molecule has 0 bridgehead atoms. The highest BCUT2D eigenvalue weighted by molar-refractivity contribution is 5.90. The SMILES string of the molecule is O=C1CC[C@H]2[C@@H]1ON1CCN(Cc3ccccc3)C(=O)[C@H]21. The standard InChI is InChI=1S/C16H18N2O3/c19-13-7-6-12-14-16(20)17(8-9-18(14)21-15(12)13)10-11-4-2-1-3-5-11/h1-5,12,14-15H,6-10H2/t12-,14+,15+/m1/s1. The van der Waals surface area contributed by atoms with Crippen LogP contribution in [0, 0.1) is 5.92 Å². The van der Waals surface area contributed by atoms with Crippen molar-refractivity contribution in [3.05, 3.63) is 35.9 Å². The first-order chi connectivity index (χ1) is 10.2. The maximum atomic E-state index is 12.8. The van der Waals surface area contributed by atoms with Crippen molar-refractivity contribution in [1.29, 1.82) is 0 Å². The molecule has 1 aromatic carbocycles. The fourth-order valence-electron chi connectivity index (χ4n) is 3.70. The second-order valence-corrected chi connectivity index (χ2v) is 6.03. The van der Waals surface area contributed by atoms with Gasteiger partial charge >= 0.3 is 0 Å². The summed E-state index contributed by atoms with van der Waals surface area (Å²) in [4.78, 5) is 32.2. The number of hydrogen-bond donors (Lipinski definition) is 0. The number of carbonyl (C=O) groups excluding carboxylic acids is 2. The first-order valence-electron chi connectivity index (χ1n) is 7.53. The number of amides is 1. The molecule has 0 unspecified atom stereocenters. The van der Waals surface area contributed by atoms with Crippen molar-refractivity contribution < 1.29 is 14.4 Å². The van der Waals surface area contributed by atoms with Crippen LogP contribution in [-0.2, 0) is 21.0 Å². The van der Waals surface area contributed by atoms with Crippen LogP contribution in [0.3, 0.4) is 0 Å². The van der Waals surface area contributed by atoms with Crippen LogP contribution < -0.4 is 0 Å². The Kier molecular flexibility index (Phi) is 3.05. The summed E-state index contributed by atoms with van der Waals surface area (Å²) in [5.74, 6) is 0.299. The minimum absolute atomic E-state index is 0.0450. The van der Waals surface area contributed by atoms with E-state index in [2.05, 4.69) is 0 Å². The predicted octanol–water partition coefficient (Wildman–Crippen LogP) is 0.992. The normalized spacial score (nSPS) is 32.4. The zero-order chi connectivity index (χ0) is 14.4. The van der Waals surface area contributed by atoms with Gasteiger partial charge in [0.05, 0.1) is 0 Å². The van der Waals surface area contributed by atoms with Crippen molar-refractivity contribution in [1.82, 2.24) is 9.96 Å². The summed E-state index contributed by atoms with van der Waals surface area (Å²) in [7, 11) is 0. The van der Waals surface area contributed by atoms with Gasteiger partial charge in [-0.15, -0.1) is 0 Å². The quantitative estimate of drug-likeness (QED) is 0.813. The Hall–Kier alpha value is -1.72. The predicted molar refractivity (Wildman–Crippen MR) is 75.0 cm³/mol. The molecule has 5 nitrogen and oxygen atoms in total. The van der Waals surface area contributed by atoms with Crippen molar-refractivity contribution in [2.24, 2.45) is 5.92 Å². The van der Waals surface area contributed by atoms with Crippen LogP contribution in [0.25, 0.3) is 0 Å². The van der Waals surface area contributed by atoms with Gasteiger partial charge in [0.2, 0.25) is 5.91 Å². The Morgan fingerprint density at radius 1 is 1.14 bits per heavy atom. The fourth-order valence-corrected chi connectivity index (χ4v) is 3.70. The van der Waals surface area contributed by atoms with Gasteiger partial charge in [-0.2, -0.15) is 5.06 Å². The second kappa shape index (κ2) is 4.93. The summed E-state index contributed by atoms with van der Waals surface area (Å²) >= 11 is 0. The molecule has 4 rings (SSSR count). The number of hydroxylamine groups is 2. The van der Waals surface area contributed by atoms with E-state index in [-0.39, 0.29) is 29.8 Å². The van der Waals surface area contributed by atoms with Gasteiger partial charge in [-0.1, -0.05) is 30.3 Å². The van der Waals surface area contributed by atoms with Crippen LogP contribution in [0.15, 0.2) is 30.3 Å². The summed E-state index contributed by atoms with van der Waals surface area (Å²) in [6.07, 6.45) is 0.942. The number of piperazine rings is 1. The molecule has 2 heterocycles. The Morgan fingerprint density at radius 3 is 2.76 bits per heavy atom. The molecular weight excluding hydrogens is 268 g/mol. The number of ketones is 1. The summed E-state index contributed by atoms with van der Waals surface area (Å²) in [5.41, 5.74) is 1.14. The van der Waals surface area contributed by atoms with Crippen molar-refractivity contribution in [2.45, 2.75) is 31.5 Å². The highest BCUT2D eigenvalue weighted by Gasteiger charge is 2.55. The number of nitrogens with zero attached hydrogens (tertiary/aromatic N) is 2. The second-order valence-electron chi connectivity index (χ2n) is 6.03. The molecule has 0 radical (unpaired) electrons. The lowest BCUT2D eigenvalue weighted by Gasteiger charge is -2.36. The molecule has 3 fully saturated rings. The molecule has 3 aliphatic rings. The minimum Gasteiger partial charge on any atom is -0.336 e. The summed E-state index contributed by atoms with van der Waals surface area (Å²) in [6.45, 7) is 1.97. The van der Waals surface area contributed by atoms with E-state index in [0.29, 0.717) is 26.1 Å². The third-order valence-corrected chi connectivity index (χ3v) is 4.77. The molecule has 0 aromatic heterocycles. The van der Waals surface area contributed by atoms with Crippen LogP contribution in [0.4, 0.5) is 0 Å². The minimum atomic E-state index is -0.379. The van der Waals surface area contributed by atoms with Crippen LogP contribution in [0.1, 0.15) is 18.4 Å². The van der Waals surface area contributed by atoms with Gasteiger partial charge in [-0.3, -0.25) is 14.4 Å². The van der Waals surface area contributed by atoms with Crippen molar-refractivity contribution in [3.63, 3.8) is 0 Å². The molecular formula is C16H18N2O3. The number of benzene rings is 1. The third kappa shape index (κ3) is 2.08. The Morgan fingerprint density at radius 2 is 1.95 bits per heavy atom. The van der Waals surface area contributed by atoms with E-state index in [9.17, 15) is 9.59 Å². The zero-order valence-corrected chi connectivity index (χ0v) is 11.8. The molecule has 2 saturated heterocycles. The molecule has 1 aromatic rings. The maximum Gasteiger partial charge on any atom is 0.243 e. The monoisotopic (exact) mass is 286 g/mol. The number of rotatable bonds is 2. The number of fused-ring (bicyclic) bond motifs is 3. The molecule has 2 aliphatic heterocycles. The van der Waals surface area contributed by atoms with E-state index in [1.165, 1.54) is 0 Å². The van der Waals surface area contributed by atoms with Crippen LogP contribution >= 0.6 is 0 Å². The molecule has 1 aliphatic carbocycles. The van der Waals surface area contributed by atoms with Crippen molar-refractivity contribution >= 4 is 11.7 Å². The van der Waals surface area contributed by atoms with E-state index >= 15 is 0 Å². The first-order valence-corrected chi connectivity index (χ1v) is 7.53. The van der Waals surface area contributed by atoms with E-state index in [1.54, 1.807) is 5.06 Å². The van der Waals surface area contributed by atoms with Crippen molar-refractivity contribution in [3.8, 4) is 0 Å². The van der Waals surface area contributed by atoms with Crippen LogP contribution in [0.5, 0.6) is 0 Å². The summed E-state index contributed by atoms with van der Waals surface area (Å²) in [5, 5.41) is 1.75. The summed E-state index contributed by atoms with van der Waals surface area (Å²) in [6, 6.07) is 9.75. The molecule has 110 valence electrons. The molecule has 1 saturated carbocycles. The molecule has 3 atom stereocenters. The van der Waals surface area contributed by atoms with Gasteiger partial charge < -0.3 is 4.90 Å². The largest absolute Gasteiger partial charge is 0.336 e. The molecule has 1 amide bonds. The van der Waals surface area contributed by atoms with E-state index in [0.717, 1.165) is 12.0 Å². The number of hydrogen-bond acceptors (Lipinski definition) is 4. The highest BCUT2D eigenvalue weighted by atomic mass is 16.7. The summed E-state index contributed by atoms with van der Waals surface area (Å²) < 4.78 is 0. The first kappa shape index (κ1) is 13.0. The molecule has 0 spiro atoms. The lowest BCUT2D eigenvalue weighted by Crippen LogP contribution is -2.55. The molecule has 5 heteroatoms. The van der Waals surface area contributed by atoms with Crippen LogP contribution in [-0.4, -0.2) is 46.9 Å². The van der Waals surface area contributed by atoms with Gasteiger partial charge in [-0.05, 0) is 12.0 Å². The number of carbonyl (C=O) groups is 2. The maximum absolute atomic E-state index is 12.8. The average molecular weight is 286 g/mol. The Balaban J connectivity index is 1.53. The van der Waals surface area contributed by atoms with E-state index < -0.39 is 0 Å². The zero-order valence-electron chi connectivity index (χ0n) is 11.8. The van der Waals surface area contributed by atoms with E-state index in [4.69, 9.17) is 4.84 Å². The fraction of sp³-hybridized carbons (Fsp3) is 0.500. The Bertz CT molecular complexity index is 574. The Labute approximate surface area is 123 Å².